The van der Waals surface area contributed by atoms with E-state index in [1.165, 1.54) is 19.3 Å². The molecule has 2 rings (SSSR count). The third-order valence-electron chi connectivity index (χ3n) is 4.19. The molecule has 0 aromatic heterocycles. The maximum Gasteiger partial charge on any atom is 0.227 e. The molecule has 1 saturated carbocycles. The van der Waals surface area contributed by atoms with E-state index in [1.807, 2.05) is 13.8 Å². The van der Waals surface area contributed by atoms with Crippen LogP contribution in [-0.4, -0.2) is 31.1 Å². The summed E-state index contributed by atoms with van der Waals surface area (Å²) in [6.07, 6.45) is 4.66. The lowest BCUT2D eigenvalue weighted by Crippen LogP contribution is -2.52. The van der Waals surface area contributed by atoms with Gasteiger partial charge in [-0.25, -0.2) is 0 Å². The van der Waals surface area contributed by atoms with Crippen molar-refractivity contribution in [1.29, 1.82) is 0 Å². The summed E-state index contributed by atoms with van der Waals surface area (Å²) in [7, 11) is 0. The molecule has 4 N–H and O–H groups in total. The third kappa shape index (κ3) is 2.63. The molecule has 0 spiro atoms. The monoisotopic (exact) mass is 239 g/mol. The van der Waals surface area contributed by atoms with E-state index in [1.54, 1.807) is 0 Å². The van der Waals surface area contributed by atoms with Crippen LogP contribution in [-0.2, 0) is 4.79 Å². The average Bonchev–Trinajstić information content (AvgIpc) is 2.69. The molecule has 1 aliphatic heterocycles. The largest absolute Gasteiger partial charge is 0.354 e. The highest BCUT2D eigenvalue weighted by atomic mass is 16.2. The molecule has 4 nitrogen and oxygen atoms in total. The van der Waals surface area contributed by atoms with Crippen LogP contribution in [0.25, 0.3) is 0 Å². The van der Waals surface area contributed by atoms with Crippen LogP contribution in [0.1, 0.15) is 39.5 Å². The number of amides is 1. The molecule has 0 radical (unpaired) electrons. The molecule has 0 bridgehead atoms. The maximum atomic E-state index is 12.4. The number of nitrogens with one attached hydrogen (secondary N) is 2. The highest BCUT2D eigenvalue weighted by Gasteiger charge is 2.49. The first kappa shape index (κ1) is 12.8. The van der Waals surface area contributed by atoms with E-state index in [4.69, 9.17) is 5.73 Å². The van der Waals surface area contributed by atoms with Gasteiger partial charge in [0.1, 0.15) is 0 Å². The summed E-state index contributed by atoms with van der Waals surface area (Å²) in [6, 6.07) is 0. The Balaban J connectivity index is 2.01. The molecule has 98 valence electrons. The van der Waals surface area contributed by atoms with Crippen LogP contribution < -0.4 is 16.4 Å². The van der Waals surface area contributed by atoms with Gasteiger partial charge >= 0.3 is 0 Å². The molecule has 17 heavy (non-hydrogen) atoms. The summed E-state index contributed by atoms with van der Waals surface area (Å²) in [4.78, 5) is 12.4. The van der Waals surface area contributed by atoms with Crippen molar-refractivity contribution in [2.45, 2.75) is 45.1 Å². The number of nitrogens with two attached hydrogens (primary N) is 1. The van der Waals surface area contributed by atoms with Crippen molar-refractivity contribution in [3.05, 3.63) is 0 Å². The Morgan fingerprint density at radius 1 is 1.53 bits per heavy atom. The molecule has 1 amide bonds. The predicted octanol–water partition coefficient (Wildman–Crippen LogP) is 0.620. The Hall–Kier alpha value is -0.610. The molecule has 0 unspecified atom stereocenters. The smallest absolute Gasteiger partial charge is 0.227 e. The van der Waals surface area contributed by atoms with E-state index in [2.05, 4.69) is 10.6 Å². The summed E-state index contributed by atoms with van der Waals surface area (Å²) >= 11 is 0. The molecule has 1 aliphatic carbocycles. The lowest BCUT2D eigenvalue weighted by atomic mass is 9.67. The minimum atomic E-state index is -0.331. The summed E-state index contributed by atoms with van der Waals surface area (Å²) in [5.74, 6) is 0.739. The van der Waals surface area contributed by atoms with Crippen LogP contribution in [0.15, 0.2) is 0 Å². The molecule has 4 heteroatoms. The Bertz CT molecular complexity index is 298. The standard InChI is InChI=1S/C13H25N3O/c1-12(2,14)8-16-11(17)13-6-4-3-5-10(13)7-15-9-13/h10,15H,3-9,14H2,1-2H3,(H,16,17)/t10-,13+/m0/s1. The summed E-state index contributed by atoms with van der Waals surface area (Å²) in [5, 5.41) is 6.44. The van der Waals surface area contributed by atoms with Gasteiger partial charge in [0.05, 0.1) is 5.41 Å². The quantitative estimate of drug-likeness (QED) is 0.676. The normalized spacial score (nSPS) is 33.2. The Morgan fingerprint density at radius 3 is 3.00 bits per heavy atom. The van der Waals surface area contributed by atoms with Gasteiger partial charge in [-0.05, 0) is 39.2 Å². The fourth-order valence-electron chi connectivity index (χ4n) is 3.17. The fourth-order valence-corrected chi connectivity index (χ4v) is 3.17. The van der Waals surface area contributed by atoms with Crippen LogP contribution in [0, 0.1) is 11.3 Å². The number of carbonyl (C=O) groups is 1. The van der Waals surface area contributed by atoms with E-state index in [9.17, 15) is 4.79 Å². The van der Waals surface area contributed by atoms with Gasteiger partial charge in [-0.2, -0.15) is 0 Å². The fraction of sp³-hybridized carbons (Fsp3) is 0.923. The first-order valence-corrected chi connectivity index (χ1v) is 6.72. The first-order valence-electron chi connectivity index (χ1n) is 6.72. The van der Waals surface area contributed by atoms with Crippen LogP contribution >= 0.6 is 0 Å². The van der Waals surface area contributed by atoms with Gasteiger partial charge in [0.25, 0.3) is 0 Å². The number of rotatable bonds is 3. The van der Waals surface area contributed by atoms with Gasteiger partial charge < -0.3 is 16.4 Å². The Kier molecular flexibility index (Phi) is 3.46. The lowest BCUT2D eigenvalue weighted by molar-refractivity contribution is -0.134. The van der Waals surface area contributed by atoms with Gasteiger partial charge in [0.15, 0.2) is 0 Å². The average molecular weight is 239 g/mol. The minimum absolute atomic E-state index is 0.149. The van der Waals surface area contributed by atoms with Gasteiger partial charge in [-0.15, -0.1) is 0 Å². The van der Waals surface area contributed by atoms with E-state index >= 15 is 0 Å². The van der Waals surface area contributed by atoms with Crippen molar-refractivity contribution < 1.29 is 4.79 Å². The Labute approximate surface area is 104 Å². The summed E-state index contributed by atoms with van der Waals surface area (Å²) in [5.41, 5.74) is 5.44. The highest BCUT2D eigenvalue weighted by Crippen LogP contribution is 2.43. The van der Waals surface area contributed by atoms with Crippen LogP contribution in [0.5, 0.6) is 0 Å². The second-order valence-corrected chi connectivity index (χ2v) is 6.40. The maximum absolute atomic E-state index is 12.4. The molecule has 0 aromatic rings. The van der Waals surface area contributed by atoms with Crippen molar-refractivity contribution in [2.75, 3.05) is 19.6 Å². The zero-order valence-corrected chi connectivity index (χ0v) is 11.0. The van der Waals surface area contributed by atoms with E-state index in [-0.39, 0.29) is 16.9 Å². The van der Waals surface area contributed by atoms with Gasteiger partial charge in [0, 0.05) is 18.6 Å². The molecular formula is C13H25N3O. The van der Waals surface area contributed by atoms with Crippen molar-refractivity contribution in [1.82, 2.24) is 10.6 Å². The van der Waals surface area contributed by atoms with Crippen molar-refractivity contribution >= 4 is 5.91 Å². The summed E-state index contributed by atoms with van der Waals surface area (Å²) < 4.78 is 0. The lowest BCUT2D eigenvalue weighted by Gasteiger charge is -2.37. The molecule has 1 saturated heterocycles. The van der Waals surface area contributed by atoms with E-state index in [0.717, 1.165) is 19.5 Å². The number of carbonyl (C=O) groups excluding carboxylic acids is 1. The highest BCUT2D eigenvalue weighted by molar-refractivity contribution is 5.84. The molecule has 2 aliphatic rings. The second-order valence-electron chi connectivity index (χ2n) is 6.40. The van der Waals surface area contributed by atoms with Crippen LogP contribution in [0.4, 0.5) is 0 Å². The van der Waals surface area contributed by atoms with Gasteiger partial charge in [0.2, 0.25) is 5.91 Å². The van der Waals surface area contributed by atoms with Crippen molar-refractivity contribution in [2.24, 2.45) is 17.1 Å². The first-order chi connectivity index (χ1) is 7.94. The molecule has 2 atom stereocenters. The molecule has 0 aromatic carbocycles. The number of hydrogen-bond donors (Lipinski definition) is 3. The van der Waals surface area contributed by atoms with E-state index in [0.29, 0.717) is 12.5 Å². The molecule has 2 fully saturated rings. The topological polar surface area (TPSA) is 67.1 Å². The SMILES string of the molecule is CC(C)(N)CNC(=O)[C@@]12CCCC[C@H]1CNC2. The summed E-state index contributed by atoms with van der Waals surface area (Å²) in [6.45, 7) is 6.28. The predicted molar refractivity (Wildman–Crippen MR) is 68.5 cm³/mol. The Morgan fingerprint density at radius 2 is 2.29 bits per heavy atom. The van der Waals surface area contributed by atoms with Crippen molar-refractivity contribution in [3.8, 4) is 0 Å². The van der Waals surface area contributed by atoms with Gasteiger partial charge in [-0.1, -0.05) is 12.8 Å². The minimum Gasteiger partial charge on any atom is -0.354 e. The zero-order valence-electron chi connectivity index (χ0n) is 11.0. The number of fused-ring (bicyclic) bond motifs is 1. The van der Waals surface area contributed by atoms with Crippen LogP contribution in [0.3, 0.4) is 0 Å². The number of hydrogen-bond acceptors (Lipinski definition) is 3. The van der Waals surface area contributed by atoms with E-state index < -0.39 is 0 Å². The zero-order chi connectivity index (χ0) is 12.5. The third-order valence-corrected chi connectivity index (χ3v) is 4.19. The second kappa shape index (κ2) is 4.58. The van der Waals surface area contributed by atoms with Crippen molar-refractivity contribution in [3.63, 3.8) is 0 Å². The molecule has 1 heterocycles. The van der Waals surface area contributed by atoms with Gasteiger partial charge in [-0.3, -0.25) is 4.79 Å². The van der Waals surface area contributed by atoms with Crippen LogP contribution in [0.2, 0.25) is 0 Å². The molecular weight excluding hydrogens is 214 g/mol.